The summed E-state index contributed by atoms with van der Waals surface area (Å²) in [5.74, 6) is 0. The molecule has 0 saturated heterocycles. The molecular weight excluding hydrogens is 218 g/mol. The first-order valence-corrected chi connectivity index (χ1v) is 7.06. The zero-order valence-electron chi connectivity index (χ0n) is 10.8. The first-order chi connectivity index (χ1) is 7.59. The third-order valence-corrected chi connectivity index (χ3v) is 3.92. The van der Waals surface area contributed by atoms with Crippen LogP contribution in [0.15, 0.2) is 12.5 Å². The van der Waals surface area contributed by atoms with Crippen LogP contribution in [0.2, 0.25) is 0 Å². The molecule has 3 nitrogen and oxygen atoms in total. The van der Waals surface area contributed by atoms with Crippen LogP contribution >= 0.6 is 11.8 Å². The minimum atomic E-state index is 0.301. The number of hydrogen-bond donors (Lipinski definition) is 1. The van der Waals surface area contributed by atoms with Crippen molar-refractivity contribution in [2.75, 3.05) is 12.8 Å². The van der Waals surface area contributed by atoms with E-state index in [1.807, 2.05) is 24.3 Å². The Morgan fingerprint density at radius 2 is 2.25 bits per heavy atom. The van der Waals surface area contributed by atoms with Crippen molar-refractivity contribution >= 4 is 11.8 Å². The van der Waals surface area contributed by atoms with Crippen LogP contribution in [0.3, 0.4) is 0 Å². The number of nitrogens with one attached hydrogen (secondary N) is 1. The van der Waals surface area contributed by atoms with Crippen molar-refractivity contribution in [3.8, 4) is 0 Å². The number of hydrogen-bond acceptors (Lipinski definition) is 3. The molecule has 0 spiro atoms. The van der Waals surface area contributed by atoms with E-state index in [0.29, 0.717) is 4.75 Å². The molecule has 0 unspecified atom stereocenters. The maximum atomic E-state index is 4.19. The first-order valence-electron chi connectivity index (χ1n) is 5.84. The largest absolute Gasteiger partial charge is 0.333 e. The molecule has 92 valence electrons. The van der Waals surface area contributed by atoms with Gasteiger partial charge in [0, 0.05) is 30.6 Å². The van der Waals surface area contributed by atoms with Crippen molar-refractivity contribution < 1.29 is 0 Å². The maximum Gasteiger partial charge on any atom is 0.0948 e. The lowest BCUT2D eigenvalue weighted by Gasteiger charge is -2.22. The number of nitrogens with zero attached hydrogens (tertiary/aromatic N) is 2. The summed E-state index contributed by atoms with van der Waals surface area (Å²) >= 11 is 1.89. The fourth-order valence-electron chi connectivity index (χ4n) is 1.50. The van der Waals surface area contributed by atoms with Gasteiger partial charge in [-0.2, -0.15) is 11.8 Å². The van der Waals surface area contributed by atoms with Crippen LogP contribution < -0.4 is 5.32 Å². The minimum Gasteiger partial charge on any atom is -0.333 e. The van der Waals surface area contributed by atoms with Gasteiger partial charge in [-0.15, -0.1) is 0 Å². The van der Waals surface area contributed by atoms with E-state index < -0.39 is 0 Å². The fourth-order valence-corrected chi connectivity index (χ4v) is 1.75. The second-order valence-corrected chi connectivity index (χ2v) is 6.16. The van der Waals surface area contributed by atoms with Crippen LogP contribution in [0.1, 0.15) is 32.9 Å². The summed E-state index contributed by atoms with van der Waals surface area (Å²) in [5.41, 5.74) is 1.28. The molecule has 16 heavy (non-hydrogen) atoms. The molecule has 0 amide bonds. The van der Waals surface area contributed by atoms with Gasteiger partial charge in [-0.3, -0.25) is 0 Å². The van der Waals surface area contributed by atoms with Crippen LogP contribution in [0.5, 0.6) is 0 Å². The highest BCUT2D eigenvalue weighted by Crippen LogP contribution is 2.19. The number of aromatic nitrogens is 2. The van der Waals surface area contributed by atoms with Gasteiger partial charge in [-0.25, -0.2) is 4.98 Å². The van der Waals surface area contributed by atoms with Crippen LogP contribution in [-0.4, -0.2) is 27.1 Å². The summed E-state index contributed by atoms with van der Waals surface area (Å²) in [6.45, 7) is 9.69. The van der Waals surface area contributed by atoms with Gasteiger partial charge < -0.3 is 9.88 Å². The van der Waals surface area contributed by atoms with Gasteiger partial charge in [0.15, 0.2) is 0 Å². The van der Waals surface area contributed by atoms with Gasteiger partial charge in [0.1, 0.15) is 0 Å². The van der Waals surface area contributed by atoms with E-state index in [1.54, 1.807) is 0 Å². The third-order valence-electron chi connectivity index (χ3n) is 2.67. The highest BCUT2D eigenvalue weighted by Gasteiger charge is 2.15. The van der Waals surface area contributed by atoms with Gasteiger partial charge in [0.2, 0.25) is 0 Å². The van der Waals surface area contributed by atoms with Gasteiger partial charge >= 0.3 is 0 Å². The molecule has 4 heteroatoms. The molecule has 1 rings (SSSR count). The number of imidazole rings is 1. The summed E-state index contributed by atoms with van der Waals surface area (Å²) in [7, 11) is 0. The van der Waals surface area contributed by atoms with E-state index in [2.05, 4.69) is 41.9 Å². The monoisotopic (exact) mass is 241 g/mol. The second-order valence-electron chi connectivity index (χ2n) is 4.65. The smallest absolute Gasteiger partial charge is 0.0948 e. The SMILES string of the molecule is CCCn1cncc1CNCC(C)(C)SC. The van der Waals surface area contributed by atoms with Gasteiger partial charge in [0.05, 0.1) is 12.0 Å². The molecule has 0 bridgehead atoms. The minimum absolute atomic E-state index is 0.301. The van der Waals surface area contributed by atoms with Crippen LogP contribution in [-0.2, 0) is 13.1 Å². The van der Waals surface area contributed by atoms with Gasteiger partial charge in [-0.05, 0) is 26.5 Å². The average Bonchev–Trinajstić information content (AvgIpc) is 2.66. The Bertz CT molecular complexity index is 307. The summed E-state index contributed by atoms with van der Waals surface area (Å²) in [6, 6.07) is 0. The normalized spacial score (nSPS) is 12.0. The maximum absolute atomic E-state index is 4.19. The Morgan fingerprint density at radius 3 is 2.88 bits per heavy atom. The Kier molecular flexibility index (Phi) is 5.35. The van der Waals surface area contributed by atoms with E-state index in [1.165, 1.54) is 5.69 Å². The highest BCUT2D eigenvalue weighted by molar-refractivity contribution is 7.99. The van der Waals surface area contributed by atoms with Crippen molar-refractivity contribution in [1.82, 2.24) is 14.9 Å². The molecule has 0 saturated carbocycles. The summed E-state index contributed by atoms with van der Waals surface area (Å²) in [5, 5.41) is 3.50. The highest BCUT2D eigenvalue weighted by atomic mass is 32.2. The molecule has 0 aliphatic carbocycles. The van der Waals surface area contributed by atoms with Crippen molar-refractivity contribution in [2.45, 2.75) is 45.0 Å². The Balaban J connectivity index is 2.39. The lowest BCUT2D eigenvalue weighted by molar-refractivity contribution is 0.560. The van der Waals surface area contributed by atoms with E-state index in [-0.39, 0.29) is 0 Å². The third kappa shape index (κ3) is 4.18. The Labute approximate surface area is 103 Å². The number of aryl methyl sites for hydroxylation is 1. The predicted molar refractivity (Wildman–Crippen MR) is 71.8 cm³/mol. The van der Waals surface area contributed by atoms with Crippen molar-refractivity contribution in [2.24, 2.45) is 0 Å². The van der Waals surface area contributed by atoms with E-state index in [0.717, 1.165) is 26.1 Å². The molecule has 0 aliphatic rings. The molecule has 0 radical (unpaired) electrons. The lowest BCUT2D eigenvalue weighted by Crippen LogP contribution is -2.32. The average molecular weight is 241 g/mol. The predicted octanol–water partition coefficient (Wildman–Crippen LogP) is 2.52. The molecule has 0 atom stereocenters. The number of rotatable bonds is 7. The summed E-state index contributed by atoms with van der Waals surface area (Å²) in [4.78, 5) is 4.19. The fraction of sp³-hybridized carbons (Fsp3) is 0.750. The summed E-state index contributed by atoms with van der Waals surface area (Å²) in [6.07, 6.45) is 7.18. The van der Waals surface area contributed by atoms with Crippen LogP contribution in [0.25, 0.3) is 0 Å². The molecular formula is C12H23N3S. The van der Waals surface area contributed by atoms with Crippen LogP contribution in [0.4, 0.5) is 0 Å². The topological polar surface area (TPSA) is 29.9 Å². The molecule has 0 aliphatic heterocycles. The van der Waals surface area contributed by atoms with E-state index in [9.17, 15) is 0 Å². The van der Waals surface area contributed by atoms with E-state index in [4.69, 9.17) is 0 Å². The van der Waals surface area contributed by atoms with Crippen molar-refractivity contribution in [3.63, 3.8) is 0 Å². The van der Waals surface area contributed by atoms with E-state index >= 15 is 0 Å². The lowest BCUT2D eigenvalue weighted by atomic mass is 10.2. The molecule has 1 N–H and O–H groups in total. The second kappa shape index (κ2) is 6.30. The zero-order chi connectivity index (χ0) is 12.0. The zero-order valence-corrected chi connectivity index (χ0v) is 11.6. The molecule has 1 heterocycles. The number of thioether (sulfide) groups is 1. The molecule has 1 aromatic rings. The Morgan fingerprint density at radius 1 is 1.50 bits per heavy atom. The van der Waals surface area contributed by atoms with Crippen molar-refractivity contribution in [3.05, 3.63) is 18.2 Å². The van der Waals surface area contributed by atoms with Crippen LogP contribution in [0, 0.1) is 0 Å². The Hall–Kier alpha value is -0.480. The quantitative estimate of drug-likeness (QED) is 0.795. The summed E-state index contributed by atoms with van der Waals surface area (Å²) < 4.78 is 2.52. The molecule has 0 aromatic carbocycles. The molecule has 0 fully saturated rings. The van der Waals surface area contributed by atoms with Crippen molar-refractivity contribution in [1.29, 1.82) is 0 Å². The molecule has 1 aromatic heterocycles. The first kappa shape index (κ1) is 13.6. The standard InChI is InChI=1S/C12H23N3S/c1-5-6-15-10-14-8-11(15)7-13-9-12(2,3)16-4/h8,10,13H,5-7,9H2,1-4H3. The van der Waals surface area contributed by atoms with Gasteiger partial charge in [0.25, 0.3) is 0 Å². The van der Waals surface area contributed by atoms with Gasteiger partial charge in [-0.1, -0.05) is 6.92 Å².